The van der Waals surface area contributed by atoms with Gasteiger partial charge in [-0.15, -0.1) is 0 Å². The van der Waals surface area contributed by atoms with Crippen LogP contribution in [0, 0.1) is 5.92 Å². The Hall–Kier alpha value is -2.31. The molecular formula is C14H20N6O. The maximum absolute atomic E-state index is 11.7. The summed E-state index contributed by atoms with van der Waals surface area (Å²) in [5.41, 5.74) is 0. The Kier molecular flexibility index (Phi) is 4.18. The molecule has 2 aromatic heterocycles. The Balaban J connectivity index is 1.34. The minimum absolute atomic E-state index is 0.115. The normalized spacial score (nSPS) is 17.2. The van der Waals surface area contributed by atoms with E-state index in [1.54, 1.807) is 10.9 Å². The van der Waals surface area contributed by atoms with Gasteiger partial charge in [-0.1, -0.05) is 0 Å². The smallest absolute Gasteiger partial charge is 0.314 e. The quantitative estimate of drug-likeness (QED) is 0.847. The second-order valence-corrected chi connectivity index (χ2v) is 5.30. The Bertz CT molecular complexity index is 576. The van der Waals surface area contributed by atoms with Gasteiger partial charge in [0.05, 0.1) is 6.54 Å². The molecule has 7 nitrogen and oxygen atoms in total. The molecule has 3 heterocycles. The van der Waals surface area contributed by atoms with E-state index in [9.17, 15) is 4.79 Å². The van der Waals surface area contributed by atoms with Crippen LogP contribution in [-0.4, -0.2) is 38.5 Å². The van der Waals surface area contributed by atoms with Crippen molar-refractivity contribution in [3.05, 3.63) is 36.7 Å². The molecule has 2 aromatic rings. The van der Waals surface area contributed by atoms with Crippen molar-refractivity contribution < 1.29 is 4.79 Å². The number of rotatable bonds is 5. The Morgan fingerprint density at radius 1 is 1.33 bits per heavy atom. The van der Waals surface area contributed by atoms with E-state index in [2.05, 4.69) is 25.3 Å². The number of aromatic nitrogens is 4. The molecule has 7 heteroatoms. The number of nitrogens with one attached hydrogen (secondary N) is 2. The highest BCUT2D eigenvalue weighted by atomic mass is 16.2. The van der Waals surface area contributed by atoms with Gasteiger partial charge in [-0.25, -0.2) is 9.78 Å². The number of imidazole rings is 1. The maximum Gasteiger partial charge on any atom is 0.314 e. The molecule has 0 radical (unpaired) electrons. The number of carbonyl (C=O) groups is 1. The van der Waals surface area contributed by atoms with E-state index in [0.717, 1.165) is 25.2 Å². The van der Waals surface area contributed by atoms with Crippen LogP contribution in [0.4, 0.5) is 4.79 Å². The minimum atomic E-state index is -0.115. The number of aryl methyl sites for hydroxylation is 1. The third-order valence-electron chi connectivity index (χ3n) is 3.79. The van der Waals surface area contributed by atoms with Crippen molar-refractivity contribution in [1.29, 1.82) is 0 Å². The van der Waals surface area contributed by atoms with Crippen molar-refractivity contribution in [3.8, 4) is 0 Å². The molecule has 0 saturated carbocycles. The Morgan fingerprint density at radius 2 is 2.29 bits per heavy atom. The van der Waals surface area contributed by atoms with Crippen LogP contribution < -0.4 is 10.6 Å². The van der Waals surface area contributed by atoms with Gasteiger partial charge in [-0.05, 0) is 18.4 Å². The highest BCUT2D eigenvalue weighted by molar-refractivity contribution is 5.73. The number of carbonyl (C=O) groups excluding carboxylic acids is 1. The summed E-state index contributed by atoms with van der Waals surface area (Å²) in [6.45, 7) is 2.94. The van der Waals surface area contributed by atoms with Crippen molar-refractivity contribution >= 4 is 6.03 Å². The molecule has 21 heavy (non-hydrogen) atoms. The summed E-state index contributed by atoms with van der Waals surface area (Å²) in [4.78, 5) is 16.1. The van der Waals surface area contributed by atoms with Crippen LogP contribution in [0.25, 0.3) is 0 Å². The third-order valence-corrected chi connectivity index (χ3v) is 3.79. The van der Waals surface area contributed by atoms with Crippen LogP contribution in [0.15, 0.2) is 30.9 Å². The first-order valence-corrected chi connectivity index (χ1v) is 7.30. The molecule has 1 unspecified atom stereocenters. The zero-order valence-corrected chi connectivity index (χ0v) is 11.9. The van der Waals surface area contributed by atoms with Gasteiger partial charge < -0.3 is 15.2 Å². The van der Waals surface area contributed by atoms with E-state index >= 15 is 0 Å². The van der Waals surface area contributed by atoms with E-state index in [1.165, 1.54) is 0 Å². The predicted molar refractivity (Wildman–Crippen MR) is 77.7 cm³/mol. The number of amides is 2. The van der Waals surface area contributed by atoms with Crippen molar-refractivity contribution in [2.45, 2.75) is 25.9 Å². The fraction of sp³-hybridized carbons (Fsp3) is 0.500. The molecule has 0 fully saturated rings. The largest absolute Gasteiger partial charge is 0.338 e. The molecule has 0 bridgehead atoms. The third kappa shape index (κ3) is 3.62. The van der Waals surface area contributed by atoms with Gasteiger partial charge in [0.1, 0.15) is 5.82 Å². The Labute approximate surface area is 123 Å². The van der Waals surface area contributed by atoms with Crippen molar-refractivity contribution in [1.82, 2.24) is 30.0 Å². The van der Waals surface area contributed by atoms with E-state index in [-0.39, 0.29) is 6.03 Å². The molecule has 112 valence electrons. The molecule has 2 amide bonds. The van der Waals surface area contributed by atoms with E-state index in [4.69, 9.17) is 0 Å². The molecule has 1 aliphatic rings. The lowest BCUT2D eigenvalue weighted by Gasteiger charge is -2.23. The molecule has 0 aliphatic carbocycles. The molecular weight excluding hydrogens is 268 g/mol. The zero-order valence-electron chi connectivity index (χ0n) is 11.9. The fourth-order valence-electron chi connectivity index (χ4n) is 2.61. The van der Waals surface area contributed by atoms with Crippen molar-refractivity contribution in [3.63, 3.8) is 0 Å². The fourth-order valence-corrected chi connectivity index (χ4v) is 2.61. The van der Waals surface area contributed by atoms with Gasteiger partial charge in [0.25, 0.3) is 0 Å². The second-order valence-electron chi connectivity index (χ2n) is 5.30. The van der Waals surface area contributed by atoms with E-state index < -0.39 is 0 Å². The summed E-state index contributed by atoms with van der Waals surface area (Å²) in [6.07, 6.45) is 9.47. The molecule has 0 aromatic carbocycles. The predicted octanol–water partition coefficient (Wildman–Crippen LogP) is 0.641. The monoisotopic (exact) mass is 288 g/mol. The SMILES string of the molecule is O=C(NCCn1cccn1)NCC1CCn2ccnc2C1. The minimum Gasteiger partial charge on any atom is -0.338 e. The molecule has 1 atom stereocenters. The zero-order chi connectivity index (χ0) is 14.5. The van der Waals surface area contributed by atoms with Gasteiger partial charge in [-0.2, -0.15) is 5.10 Å². The van der Waals surface area contributed by atoms with Crippen LogP contribution in [0.3, 0.4) is 0 Å². The summed E-state index contributed by atoms with van der Waals surface area (Å²) >= 11 is 0. The van der Waals surface area contributed by atoms with Gasteiger partial charge in [0.15, 0.2) is 0 Å². The lowest BCUT2D eigenvalue weighted by molar-refractivity contribution is 0.236. The van der Waals surface area contributed by atoms with Crippen LogP contribution in [-0.2, 0) is 19.5 Å². The van der Waals surface area contributed by atoms with Crippen molar-refractivity contribution in [2.24, 2.45) is 5.92 Å². The van der Waals surface area contributed by atoms with Crippen LogP contribution >= 0.6 is 0 Å². The summed E-state index contributed by atoms with van der Waals surface area (Å²) in [7, 11) is 0. The van der Waals surface area contributed by atoms with E-state index in [1.807, 2.05) is 24.7 Å². The first kappa shape index (κ1) is 13.7. The molecule has 2 N–H and O–H groups in total. The first-order valence-electron chi connectivity index (χ1n) is 7.30. The van der Waals surface area contributed by atoms with Crippen LogP contribution in [0.2, 0.25) is 0 Å². The lowest BCUT2D eigenvalue weighted by Crippen LogP contribution is -2.40. The highest BCUT2D eigenvalue weighted by Gasteiger charge is 2.19. The average molecular weight is 288 g/mol. The molecule has 0 saturated heterocycles. The van der Waals surface area contributed by atoms with Crippen LogP contribution in [0.5, 0.6) is 0 Å². The van der Waals surface area contributed by atoms with Gasteiger partial charge in [0, 0.05) is 50.8 Å². The summed E-state index contributed by atoms with van der Waals surface area (Å²) < 4.78 is 3.97. The van der Waals surface area contributed by atoms with Crippen LogP contribution in [0.1, 0.15) is 12.2 Å². The van der Waals surface area contributed by atoms with Gasteiger partial charge in [0.2, 0.25) is 0 Å². The number of urea groups is 1. The molecule has 1 aliphatic heterocycles. The van der Waals surface area contributed by atoms with Crippen molar-refractivity contribution in [2.75, 3.05) is 13.1 Å². The standard InChI is InChI=1S/C14H20N6O/c21-14(16-5-9-20-6-1-3-18-20)17-11-12-2-7-19-8-4-15-13(19)10-12/h1,3-4,6,8,12H,2,5,7,9-11H2,(H2,16,17,21). The average Bonchev–Trinajstić information content (AvgIpc) is 3.15. The number of nitrogens with zero attached hydrogens (tertiary/aromatic N) is 4. The second kappa shape index (κ2) is 6.43. The number of fused-ring (bicyclic) bond motifs is 1. The highest BCUT2D eigenvalue weighted by Crippen LogP contribution is 2.18. The summed E-state index contributed by atoms with van der Waals surface area (Å²) in [5.74, 6) is 1.59. The lowest BCUT2D eigenvalue weighted by atomic mass is 9.98. The maximum atomic E-state index is 11.7. The molecule has 3 rings (SSSR count). The van der Waals surface area contributed by atoms with E-state index in [0.29, 0.717) is 25.6 Å². The number of hydrogen-bond donors (Lipinski definition) is 2. The summed E-state index contributed by atoms with van der Waals surface area (Å²) in [5, 5.41) is 9.87. The summed E-state index contributed by atoms with van der Waals surface area (Å²) in [6, 6.07) is 1.75. The Morgan fingerprint density at radius 3 is 3.14 bits per heavy atom. The topological polar surface area (TPSA) is 76.8 Å². The number of hydrogen-bond acceptors (Lipinski definition) is 3. The van der Waals surface area contributed by atoms with Gasteiger partial charge >= 0.3 is 6.03 Å². The molecule has 0 spiro atoms. The first-order chi connectivity index (χ1) is 10.3. The van der Waals surface area contributed by atoms with Gasteiger partial charge in [-0.3, -0.25) is 4.68 Å².